The molecular weight excluding hydrogens is 404 g/mol. The van der Waals surface area contributed by atoms with Gasteiger partial charge in [0.2, 0.25) is 10.0 Å². The largest absolute Gasteiger partial charge is 0.276 e. The van der Waals surface area contributed by atoms with Crippen LogP contribution in [0.5, 0.6) is 0 Å². The van der Waals surface area contributed by atoms with Gasteiger partial charge in [-0.05, 0) is 40.4 Å². The van der Waals surface area contributed by atoms with Crippen molar-refractivity contribution in [2.45, 2.75) is 18.7 Å². The molecule has 0 aliphatic rings. The van der Waals surface area contributed by atoms with Crippen LogP contribution in [0.3, 0.4) is 0 Å². The Bertz CT molecular complexity index is 634. The van der Waals surface area contributed by atoms with Crippen LogP contribution in [-0.2, 0) is 14.9 Å². The maximum absolute atomic E-state index is 12.5. The number of rotatable bonds is 9. The first kappa shape index (κ1) is 20.4. The SMILES string of the molecule is CCN(CC)S(=O)(=O)c1ccc(Br)c(C(=O)NOCCSC)c1. The number of carbonyl (C=O) groups is 1. The van der Waals surface area contributed by atoms with Gasteiger partial charge >= 0.3 is 0 Å². The highest BCUT2D eigenvalue weighted by Crippen LogP contribution is 2.23. The fourth-order valence-corrected chi connectivity index (χ4v) is 4.01. The van der Waals surface area contributed by atoms with Gasteiger partial charge in [0.15, 0.2) is 0 Å². The van der Waals surface area contributed by atoms with Gasteiger partial charge in [0.1, 0.15) is 0 Å². The Hall–Kier alpha value is -0.610. The van der Waals surface area contributed by atoms with E-state index in [1.165, 1.54) is 16.4 Å². The summed E-state index contributed by atoms with van der Waals surface area (Å²) in [5.41, 5.74) is 2.53. The third-order valence-corrected chi connectivity index (χ3v) is 6.39. The van der Waals surface area contributed by atoms with Crippen molar-refractivity contribution in [3.63, 3.8) is 0 Å². The summed E-state index contributed by atoms with van der Waals surface area (Å²) >= 11 is 4.86. The quantitative estimate of drug-likeness (QED) is 0.486. The summed E-state index contributed by atoms with van der Waals surface area (Å²) in [7, 11) is -3.61. The standard InChI is InChI=1S/C14H21BrN2O4S2/c1-4-17(5-2)23(19,20)11-6-7-13(15)12(10-11)14(18)16-21-8-9-22-3/h6-7,10H,4-5,8-9H2,1-3H3,(H,16,18). The van der Waals surface area contributed by atoms with Crippen LogP contribution in [0.15, 0.2) is 27.6 Å². The second-order valence-corrected chi connectivity index (χ2v) is 8.28. The first-order valence-electron chi connectivity index (χ1n) is 7.09. The minimum Gasteiger partial charge on any atom is -0.273 e. The van der Waals surface area contributed by atoms with Crippen molar-refractivity contribution in [2.75, 3.05) is 31.7 Å². The van der Waals surface area contributed by atoms with E-state index in [1.54, 1.807) is 31.7 Å². The zero-order valence-electron chi connectivity index (χ0n) is 13.3. The molecule has 0 saturated carbocycles. The summed E-state index contributed by atoms with van der Waals surface area (Å²) in [5.74, 6) is 0.257. The molecule has 0 bridgehead atoms. The van der Waals surface area contributed by atoms with E-state index in [1.807, 2.05) is 6.26 Å². The second-order valence-electron chi connectivity index (χ2n) is 4.50. The van der Waals surface area contributed by atoms with Crippen LogP contribution < -0.4 is 5.48 Å². The Morgan fingerprint density at radius 3 is 2.57 bits per heavy atom. The number of hydrogen-bond donors (Lipinski definition) is 1. The average molecular weight is 425 g/mol. The number of sulfonamides is 1. The van der Waals surface area contributed by atoms with Crippen molar-refractivity contribution in [1.82, 2.24) is 9.79 Å². The Morgan fingerprint density at radius 1 is 1.35 bits per heavy atom. The van der Waals surface area contributed by atoms with Crippen LogP contribution in [0.25, 0.3) is 0 Å². The molecule has 1 N–H and O–H groups in total. The molecule has 0 spiro atoms. The Kier molecular flexibility index (Phi) is 8.56. The number of nitrogens with one attached hydrogen (secondary N) is 1. The monoisotopic (exact) mass is 424 g/mol. The van der Waals surface area contributed by atoms with Crippen LogP contribution in [0, 0.1) is 0 Å². The highest BCUT2D eigenvalue weighted by atomic mass is 79.9. The fourth-order valence-electron chi connectivity index (χ4n) is 1.85. The van der Waals surface area contributed by atoms with E-state index in [-0.39, 0.29) is 10.5 Å². The van der Waals surface area contributed by atoms with Crippen molar-refractivity contribution in [2.24, 2.45) is 0 Å². The van der Waals surface area contributed by atoms with Crippen molar-refractivity contribution in [1.29, 1.82) is 0 Å². The lowest BCUT2D eigenvalue weighted by Gasteiger charge is -2.19. The molecule has 6 nitrogen and oxygen atoms in total. The van der Waals surface area contributed by atoms with Crippen LogP contribution in [0.2, 0.25) is 0 Å². The molecule has 0 aliphatic carbocycles. The first-order valence-corrected chi connectivity index (χ1v) is 10.7. The highest BCUT2D eigenvalue weighted by Gasteiger charge is 2.23. The summed E-state index contributed by atoms with van der Waals surface area (Å²) in [6, 6.07) is 4.38. The van der Waals surface area contributed by atoms with Crippen LogP contribution >= 0.6 is 27.7 Å². The van der Waals surface area contributed by atoms with Crippen molar-refractivity contribution in [3.8, 4) is 0 Å². The van der Waals surface area contributed by atoms with Crippen molar-refractivity contribution in [3.05, 3.63) is 28.2 Å². The third kappa shape index (κ3) is 5.46. The van der Waals surface area contributed by atoms with E-state index < -0.39 is 15.9 Å². The summed E-state index contributed by atoms with van der Waals surface area (Å²) in [6.45, 7) is 4.66. The number of halogens is 1. The molecule has 0 saturated heterocycles. The van der Waals surface area contributed by atoms with E-state index in [2.05, 4.69) is 21.4 Å². The Morgan fingerprint density at radius 2 is 2.00 bits per heavy atom. The summed E-state index contributed by atoms with van der Waals surface area (Å²) in [4.78, 5) is 17.3. The third-order valence-electron chi connectivity index (χ3n) is 3.08. The number of amides is 1. The fraction of sp³-hybridized carbons (Fsp3) is 0.500. The molecule has 1 amide bonds. The number of benzene rings is 1. The molecule has 130 valence electrons. The van der Waals surface area contributed by atoms with Crippen LogP contribution in [0.4, 0.5) is 0 Å². The number of hydroxylamine groups is 1. The van der Waals surface area contributed by atoms with Crippen molar-refractivity contribution < 1.29 is 18.0 Å². The zero-order chi connectivity index (χ0) is 17.5. The summed E-state index contributed by atoms with van der Waals surface area (Å²) in [6.07, 6.45) is 1.93. The average Bonchev–Trinajstić information content (AvgIpc) is 2.52. The minimum absolute atomic E-state index is 0.0821. The van der Waals surface area contributed by atoms with Gasteiger partial charge in [-0.15, -0.1) is 0 Å². The van der Waals surface area contributed by atoms with Gasteiger partial charge in [-0.25, -0.2) is 13.9 Å². The molecule has 0 heterocycles. The number of nitrogens with zero attached hydrogens (tertiary/aromatic N) is 1. The van der Waals surface area contributed by atoms with Gasteiger partial charge in [-0.3, -0.25) is 9.63 Å². The molecule has 0 aliphatic heterocycles. The second kappa shape index (κ2) is 9.63. The Labute approximate surface area is 150 Å². The number of carbonyl (C=O) groups excluding carboxylic acids is 1. The van der Waals surface area contributed by atoms with Gasteiger partial charge in [-0.2, -0.15) is 16.1 Å². The van der Waals surface area contributed by atoms with E-state index in [4.69, 9.17) is 4.84 Å². The van der Waals surface area contributed by atoms with E-state index >= 15 is 0 Å². The van der Waals surface area contributed by atoms with Gasteiger partial charge in [0, 0.05) is 23.3 Å². The molecule has 23 heavy (non-hydrogen) atoms. The Balaban J connectivity index is 3.01. The summed E-state index contributed by atoms with van der Waals surface area (Å²) in [5, 5.41) is 0. The molecular formula is C14H21BrN2O4S2. The molecule has 9 heteroatoms. The maximum atomic E-state index is 12.5. The minimum atomic E-state index is -3.61. The molecule has 0 aromatic heterocycles. The van der Waals surface area contributed by atoms with Crippen LogP contribution in [-0.4, -0.2) is 50.3 Å². The predicted octanol–water partition coefficient (Wildman–Crippen LogP) is 2.50. The number of thioether (sulfide) groups is 1. The van der Waals surface area contributed by atoms with Crippen LogP contribution in [0.1, 0.15) is 24.2 Å². The lowest BCUT2D eigenvalue weighted by molar-refractivity contribution is 0.0374. The van der Waals surface area contributed by atoms with Crippen molar-refractivity contribution >= 4 is 43.6 Å². The topological polar surface area (TPSA) is 75.7 Å². The van der Waals surface area contributed by atoms with E-state index in [9.17, 15) is 13.2 Å². The van der Waals surface area contributed by atoms with Gasteiger partial charge < -0.3 is 0 Å². The lowest BCUT2D eigenvalue weighted by Crippen LogP contribution is -2.31. The molecule has 0 radical (unpaired) electrons. The molecule has 0 fully saturated rings. The van der Waals surface area contributed by atoms with E-state index in [0.29, 0.717) is 24.2 Å². The normalized spacial score (nSPS) is 11.7. The van der Waals surface area contributed by atoms with E-state index in [0.717, 1.165) is 5.75 Å². The molecule has 1 rings (SSSR count). The van der Waals surface area contributed by atoms with Gasteiger partial charge in [0.25, 0.3) is 5.91 Å². The van der Waals surface area contributed by atoms with Gasteiger partial charge in [0.05, 0.1) is 17.1 Å². The highest BCUT2D eigenvalue weighted by molar-refractivity contribution is 9.10. The first-order chi connectivity index (χ1) is 10.9. The zero-order valence-corrected chi connectivity index (χ0v) is 16.6. The maximum Gasteiger partial charge on any atom is 0.276 e. The summed E-state index contributed by atoms with van der Waals surface area (Å²) < 4.78 is 26.9. The molecule has 0 atom stereocenters. The lowest BCUT2D eigenvalue weighted by atomic mass is 10.2. The molecule has 1 aromatic rings. The predicted molar refractivity (Wildman–Crippen MR) is 96.0 cm³/mol. The number of hydrogen-bond acceptors (Lipinski definition) is 5. The van der Waals surface area contributed by atoms with Gasteiger partial charge in [-0.1, -0.05) is 13.8 Å². The smallest absolute Gasteiger partial charge is 0.273 e. The molecule has 1 aromatic carbocycles. The molecule has 0 unspecified atom stereocenters.